The standard InChI is InChI=1S/C23H22ClN3O5/c1-31-22(29)20-18(14-25-23(30)26-9-11-32-12-10-26)21(28)17-8-7-15(24)13-19(17)27(20)16-5-3-2-4-6-16/h2-8,13H,9-12,14H2,1H3,(H,25,30). The minimum Gasteiger partial charge on any atom is -0.464 e. The number of rotatable bonds is 4. The van der Waals surface area contributed by atoms with Crippen molar-refractivity contribution < 1.29 is 19.1 Å². The fraction of sp³-hybridized carbons (Fsp3) is 0.261. The van der Waals surface area contributed by atoms with Gasteiger partial charge in [0.05, 0.1) is 37.9 Å². The van der Waals surface area contributed by atoms with E-state index in [0.29, 0.717) is 47.9 Å². The van der Waals surface area contributed by atoms with Crippen LogP contribution in [0.4, 0.5) is 4.79 Å². The minimum absolute atomic E-state index is 0.0424. The summed E-state index contributed by atoms with van der Waals surface area (Å²) in [6, 6.07) is 13.7. The van der Waals surface area contributed by atoms with E-state index in [1.54, 1.807) is 27.7 Å². The van der Waals surface area contributed by atoms with Gasteiger partial charge in [-0.15, -0.1) is 0 Å². The lowest BCUT2D eigenvalue weighted by Crippen LogP contribution is -2.46. The summed E-state index contributed by atoms with van der Waals surface area (Å²) in [6.07, 6.45) is 0. The number of morpholine rings is 1. The molecule has 1 aliphatic heterocycles. The number of hydrogen-bond donors (Lipinski definition) is 1. The Labute approximate surface area is 189 Å². The van der Waals surface area contributed by atoms with Crippen LogP contribution in [0.3, 0.4) is 0 Å². The molecule has 1 saturated heterocycles. The molecule has 8 nitrogen and oxygen atoms in total. The zero-order valence-corrected chi connectivity index (χ0v) is 18.2. The van der Waals surface area contributed by atoms with Crippen LogP contribution < -0.4 is 10.7 Å². The molecular formula is C23H22ClN3O5. The summed E-state index contributed by atoms with van der Waals surface area (Å²) in [5.41, 5.74) is 0.933. The first-order valence-corrected chi connectivity index (χ1v) is 10.5. The number of halogens is 1. The van der Waals surface area contributed by atoms with Crippen molar-refractivity contribution in [3.8, 4) is 5.69 Å². The third kappa shape index (κ3) is 4.19. The molecule has 1 N–H and O–H groups in total. The predicted molar refractivity (Wildman–Crippen MR) is 121 cm³/mol. The van der Waals surface area contributed by atoms with E-state index < -0.39 is 5.97 Å². The van der Waals surface area contributed by atoms with Crippen LogP contribution in [0, 0.1) is 0 Å². The summed E-state index contributed by atoms with van der Waals surface area (Å²) in [6.45, 7) is 1.70. The highest BCUT2D eigenvalue weighted by Crippen LogP contribution is 2.25. The van der Waals surface area contributed by atoms with Gasteiger partial charge in [-0.3, -0.25) is 4.79 Å². The second-order valence-corrected chi connectivity index (χ2v) is 7.67. The van der Waals surface area contributed by atoms with Crippen molar-refractivity contribution in [2.45, 2.75) is 6.54 Å². The summed E-state index contributed by atoms with van der Waals surface area (Å²) in [5.74, 6) is -0.691. The summed E-state index contributed by atoms with van der Waals surface area (Å²) in [5, 5.41) is 3.57. The molecule has 0 bridgehead atoms. The second kappa shape index (κ2) is 9.42. The van der Waals surface area contributed by atoms with Gasteiger partial charge in [0.1, 0.15) is 5.69 Å². The Morgan fingerprint density at radius 2 is 1.84 bits per heavy atom. The van der Waals surface area contributed by atoms with Crippen molar-refractivity contribution in [3.63, 3.8) is 0 Å². The number of carbonyl (C=O) groups excluding carboxylic acids is 2. The Balaban J connectivity index is 1.88. The van der Waals surface area contributed by atoms with E-state index in [1.165, 1.54) is 7.11 Å². The molecule has 1 fully saturated rings. The Kier molecular flexibility index (Phi) is 6.43. The molecule has 2 heterocycles. The Bertz CT molecular complexity index is 1220. The smallest absolute Gasteiger partial charge is 0.355 e. The second-order valence-electron chi connectivity index (χ2n) is 7.24. The number of benzene rings is 2. The van der Waals surface area contributed by atoms with Crippen LogP contribution in [0.2, 0.25) is 5.02 Å². The molecular weight excluding hydrogens is 434 g/mol. The molecule has 4 rings (SSSR count). The van der Waals surface area contributed by atoms with Crippen LogP contribution in [-0.4, -0.2) is 54.9 Å². The summed E-state index contributed by atoms with van der Waals surface area (Å²) < 4.78 is 11.9. The first kappa shape index (κ1) is 21.9. The third-order valence-corrected chi connectivity index (χ3v) is 5.57. The van der Waals surface area contributed by atoms with Gasteiger partial charge >= 0.3 is 12.0 Å². The maximum atomic E-state index is 13.4. The Hall–Kier alpha value is -3.36. The van der Waals surface area contributed by atoms with Crippen LogP contribution in [0.25, 0.3) is 16.6 Å². The van der Waals surface area contributed by atoms with Gasteiger partial charge in [-0.25, -0.2) is 9.59 Å². The van der Waals surface area contributed by atoms with E-state index >= 15 is 0 Å². The highest BCUT2D eigenvalue weighted by Gasteiger charge is 2.25. The van der Waals surface area contributed by atoms with Gasteiger partial charge in [-0.05, 0) is 30.3 Å². The number of para-hydroxylation sites is 1. The summed E-state index contributed by atoms with van der Waals surface area (Å²) in [7, 11) is 1.25. The van der Waals surface area contributed by atoms with E-state index in [2.05, 4.69) is 5.32 Å². The molecule has 32 heavy (non-hydrogen) atoms. The lowest BCUT2D eigenvalue weighted by atomic mass is 10.1. The molecule has 1 aliphatic rings. The highest BCUT2D eigenvalue weighted by molar-refractivity contribution is 6.31. The molecule has 166 valence electrons. The maximum Gasteiger partial charge on any atom is 0.355 e. The number of aromatic nitrogens is 1. The number of nitrogens with one attached hydrogen (secondary N) is 1. The fourth-order valence-corrected chi connectivity index (χ4v) is 3.94. The van der Waals surface area contributed by atoms with Gasteiger partial charge in [0.2, 0.25) is 0 Å². The molecule has 9 heteroatoms. The first-order chi connectivity index (χ1) is 15.5. The van der Waals surface area contributed by atoms with E-state index in [1.807, 2.05) is 30.3 Å². The number of carbonyl (C=O) groups is 2. The molecule has 3 aromatic rings. The zero-order chi connectivity index (χ0) is 22.7. The van der Waals surface area contributed by atoms with Crippen LogP contribution in [0.1, 0.15) is 16.1 Å². The number of urea groups is 1. The van der Waals surface area contributed by atoms with Gasteiger partial charge in [0, 0.05) is 29.2 Å². The lowest BCUT2D eigenvalue weighted by Gasteiger charge is -2.27. The molecule has 0 atom stereocenters. The molecule has 0 unspecified atom stereocenters. The fourth-order valence-electron chi connectivity index (χ4n) is 3.77. The lowest BCUT2D eigenvalue weighted by molar-refractivity contribution is 0.0530. The van der Waals surface area contributed by atoms with Gasteiger partial charge in [-0.1, -0.05) is 29.8 Å². The van der Waals surface area contributed by atoms with E-state index in [-0.39, 0.29) is 29.3 Å². The number of fused-ring (bicyclic) bond motifs is 1. The monoisotopic (exact) mass is 455 g/mol. The average molecular weight is 456 g/mol. The van der Waals surface area contributed by atoms with Crippen molar-refractivity contribution in [1.82, 2.24) is 14.8 Å². The number of methoxy groups -OCH3 is 1. The molecule has 0 aliphatic carbocycles. The minimum atomic E-state index is -0.691. The predicted octanol–water partition coefficient (Wildman–Crippen LogP) is 2.97. The van der Waals surface area contributed by atoms with Crippen molar-refractivity contribution in [2.24, 2.45) is 0 Å². The number of esters is 1. The highest BCUT2D eigenvalue weighted by atomic mass is 35.5. The number of hydrogen-bond acceptors (Lipinski definition) is 5. The van der Waals surface area contributed by atoms with E-state index in [0.717, 1.165) is 0 Å². The quantitative estimate of drug-likeness (QED) is 0.611. The Morgan fingerprint density at radius 1 is 1.12 bits per heavy atom. The maximum absolute atomic E-state index is 13.4. The average Bonchev–Trinajstić information content (AvgIpc) is 2.83. The molecule has 2 aromatic carbocycles. The molecule has 0 saturated carbocycles. The molecule has 2 amide bonds. The number of nitrogens with zero attached hydrogens (tertiary/aromatic N) is 2. The van der Waals surface area contributed by atoms with Crippen LogP contribution in [0.15, 0.2) is 53.3 Å². The molecule has 0 spiro atoms. The number of amides is 2. The molecule has 1 aromatic heterocycles. The van der Waals surface area contributed by atoms with Gasteiger partial charge < -0.3 is 24.3 Å². The normalized spacial score (nSPS) is 13.8. The van der Waals surface area contributed by atoms with Crippen molar-refractivity contribution in [2.75, 3.05) is 33.4 Å². The number of ether oxygens (including phenoxy) is 2. The number of pyridine rings is 1. The summed E-state index contributed by atoms with van der Waals surface area (Å²) >= 11 is 6.22. The van der Waals surface area contributed by atoms with E-state index in [9.17, 15) is 14.4 Å². The summed E-state index contributed by atoms with van der Waals surface area (Å²) in [4.78, 5) is 40.5. The molecule has 0 radical (unpaired) electrons. The first-order valence-electron chi connectivity index (χ1n) is 10.1. The largest absolute Gasteiger partial charge is 0.464 e. The topological polar surface area (TPSA) is 89.9 Å². The van der Waals surface area contributed by atoms with E-state index in [4.69, 9.17) is 21.1 Å². The van der Waals surface area contributed by atoms with Crippen LogP contribution >= 0.6 is 11.6 Å². The third-order valence-electron chi connectivity index (χ3n) is 5.34. The Morgan fingerprint density at radius 3 is 2.53 bits per heavy atom. The van der Waals surface area contributed by atoms with Crippen molar-refractivity contribution in [3.05, 3.63) is 75.0 Å². The van der Waals surface area contributed by atoms with Crippen LogP contribution in [-0.2, 0) is 16.0 Å². The van der Waals surface area contributed by atoms with Gasteiger partial charge in [0.15, 0.2) is 5.43 Å². The van der Waals surface area contributed by atoms with Gasteiger partial charge in [0.25, 0.3) is 0 Å². The van der Waals surface area contributed by atoms with Crippen LogP contribution in [0.5, 0.6) is 0 Å². The SMILES string of the molecule is COC(=O)c1c(CNC(=O)N2CCOCC2)c(=O)c2ccc(Cl)cc2n1-c1ccccc1. The van der Waals surface area contributed by atoms with Crippen molar-refractivity contribution >= 4 is 34.5 Å². The zero-order valence-electron chi connectivity index (χ0n) is 17.5. The van der Waals surface area contributed by atoms with Crippen molar-refractivity contribution in [1.29, 1.82) is 0 Å². The van der Waals surface area contributed by atoms with Gasteiger partial charge in [-0.2, -0.15) is 0 Å².